The Morgan fingerprint density at radius 3 is 2.70 bits per heavy atom. The lowest BCUT2D eigenvalue weighted by molar-refractivity contribution is 0.122. The first-order chi connectivity index (χ1) is 11.4. The first-order valence-corrected chi connectivity index (χ1v) is 8.31. The van der Waals surface area contributed by atoms with E-state index in [2.05, 4.69) is 32.3 Å². The average molecular weight is 314 g/mol. The molecular weight excluding hydrogens is 292 g/mol. The maximum Gasteiger partial charge on any atom is 0.197 e. The summed E-state index contributed by atoms with van der Waals surface area (Å²) in [5.74, 6) is 3.41. The van der Waals surface area contributed by atoms with Crippen LogP contribution in [0, 0.1) is 0 Å². The topological polar surface area (TPSA) is 63.4 Å². The summed E-state index contributed by atoms with van der Waals surface area (Å²) in [6.07, 6.45) is 6.21. The molecule has 3 heterocycles. The van der Waals surface area contributed by atoms with Crippen molar-refractivity contribution in [2.75, 3.05) is 31.2 Å². The van der Waals surface area contributed by atoms with E-state index in [1.165, 1.54) is 18.4 Å². The molecule has 0 spiro atoms. The minimum atomic E-state index is 0.570. The molecule has 2 aromatic heterocycles. The van der Waals surface area contributed by atoms with E-state index in [9.17, 15) is 0 Å². The van der Waals surface area contributed by atoms with Crippen molar-refractivity contribution >= 4 is 5.82 Å². The van der Waals surface area contributed by atoms with E-state index in [4.69, 9.17) is 9.15 Å². The molecule has 23 heavy (non-hydrogen) atoms. The van der Waals surface area contributed by atoms with Crippen LogP contribution in [0.3, 0.4) is 0 Å². The van der Waals surface area contributed by atoms with E-state index >= 15 is 0 Å². The Hall–Kier alpha value is -1.92. The zero-order valence-corrected chi connectivity index (χ0v) is 13.2. The quantitative estimate of drug-likeness (QED) is 0.881. The second kappa shape index (κ2) is 6.68. The van der Waals surface area contributed by atoms with Gasteiger partial charge in [0.1, 0.15) is 11.6 Å². The summed E-state index contributed by atoms with van der Waals surface area (Å²) in [5.41, 5.74) is 1.17. The van der Waals surface area contributed by atoms with Crippen LogP contribution in [0.15, 0.2) is 28.9 Å². The largest absolute Gasteiger partial charge is 0.444 e. The summed E-state index contributed by atoms with van der Waals surface area (Å²) in [6.45, 7) is 4.87. The number of rotatable bonds is 6. The van der Waals surface area contributed by atoms with Crippen molar-refractivity contribution in [1.82, 2.24) is 15.3 Å². The van der Waals surface area contributed by atoms with Gasteiger partial charge in [-0.15, -0.1) is 0 Å². The molecule has 0 amide bonds. The van der Waals surface area contributed by atoms with E-state index in [0.717, 1.165) is 50.3 Å². The van der Waals surface area contributed by atoms with Crippen molar-refractivity contribution in [2.24, 2.45) is 0 Å². The highest BCUT2D eigenvalue weighted by molar-refractivity contribution is 5.39. The Balaban J connectivity index is 1.26. The molecule has 1 aliphatic heterocycles. The molecule has 0 radical (unpaired) electrons. The summed E-state index contributed by atoms with van der Waals surface area (Å²) in [4.78, 5) is 11.1. The Bertz CT molecular complexity index is 630. The Labute approximate surface area is 135 Å². The van der Waals surface area contributed by atoms with Crippen LogP contribution in [0.4, 0.5) is 5.82 Å². The minimum Gasteiger partial charge on any atom is -0.444 e. The van der Waals surface area contributed by atoms with Gasteiger partial charge in [-0.2, -0.15) is 0 Å². The zero-order chi connectivity index (χ0) is 15.5. The second-order valence-electron chi connectivity index (χ2n) is 6.17. The van der Waals surface area contributed by atoms with Crippen LogP contribution >= 0.6 is 0 Å². The van der Waals surface area contributed by atoms with Gasteiger partial charge < -0.3 is 19.4 Å². The number of morpholine rings is 1. The fraction of sp³-hybridized carbons (Fsp3) is 0.529. The van der Waals surface area contributed by atoms with Crippen LogP contribution < -0.4 is 10.2 Å². The van der Waals surface area contributed by atoms with Gasteiger partial charge in [-0.3, -0.25) is 0 Å². The standard InChI is InChI=1S/C17H22N4O2/c1-4-16(21-5-7-22-8-6-21)19-10-13(1)9-18-11-15-12-20-17(23-15)14-2-3-14/h1,4,10,12,14,18H,2-3,5-9,11H2. The molecule has 0 aromatic carbocycles. The molecule has 122 valence electrons. The van der Waals surface area contributed by atoms with Crippen molar-refractivity contribution in [2.45, 2.75) is 31.8 Å². The molecular formula is C17H22N4O2. The number of hydrogen-bond donors (Lipinski definition) is 1. The number of nitrogens with zero attached hydrogens (tertiary/aromatic N) is 3. The first-order valence-electron chi connectivity index (χ1n) is 8.31. The molecule has 2 fully saturated rings. The van der Waals surface area contributed by atoms with Gasteiger partial charge in [0, 0.05) is 31.7 Å². The van der Waals surface area contributed by atoms with Crippen molar-refractivity contribution in [1.29, 1.82) is 0 Å². The number of anilines is 1. The van der Waals surface area contributed by atoms with Gasteiger partial charge in [-0.1, -0.05) is 6.07 Å². The number of hydrogen-bond acceptors (Lipinski definition) is 6. The highest BCUT2D eigenvalue weighted by atomic mass is 16.5. The average Bonchev–Trinajstić information content (AvgIpc) is 3.36. The van der Waals surface area contributed by atoms with Crippen molar-refractivity contribution in [3.8, 4) is 0 Å². The van der Waals surface area contributed by atoms with Crippen LogP contribution in [0.1, 0.15) is 36.0 Å². The zero-order valence-electron chi connectivity index (χ0n) is 13.2. The molecule has 2 aromatic rings. The van der Waals surface area contributed by atoms with Gasteiger partial charge in [0.05, 0.1) is 26.0 Å². The fourth-order valence-electron chi connectivity index (χ4n) is 2.75. The third kappa shape index (κ3) is 3.71. The van der Waals surface area contributed by atoms with E-state index in [0.29, 0.717) is 12.5 Å². The predicted molar refractivity (Wildman–Crippen MR) is 86.3 cm³/mol. The molecule has 1 aliphatic carbocycles. The van der Waals surface area contributed by atoms with Crippen LogP contribution in [-0.2, 0) is 17.8 Å². The van der Waals surface area contributed by atoms with Gasteiger partial charge in [0.2, 0.25) is 0 Å². The van der Waals surface area contributed by atoms with Crippen molar-refractivity contribution in [3.63, 3.8) is 0 Å². The second-order valence-corrected chi connectivity index (χ2v) is 6.17. The van der Waals surface area contributed by atoms with Gasteiger partial charge in [-0.05, 0) is 24.5 Å². The third-order valence-electron chi connectivity index (χ3n) is 4.27. The van der Waals surface area contributed by atoms with Crippen LogP contribution in [0.25, 0.3) is 0 Å². The Morgan fingerprint density at radius 1 is 1.09 bits per heavy atom. The highest BCUT2D eigenvalue weighted by Gasteiger charge is 2.28. The summed E-state index contributed by atoms with van der Waals surface area (Å²) >= 11 is 0. The maximum atomic E-state index is 5.74. The monoisotopic (exact) mass is 314 g/mol. The Morgan fingerprint density at radius 2 is 1.96 bits per heavy atom. The summed E-state index contributed by atoms with van der Waals surface area (Å²) in [7, 11) is 0. The van der Waals surface area contributed by atoms with E-state index in [-0.39, 0.29) is 0 Å². The maximum absolute atomic E-state index is 5.74. The van der Waals surface area contributed by atoms with Crippen molar-refractivity contribution in [3.05, 3.63) is 41.7 Å². The first kappa shape index (κ1) is 14.7. The summed E-state index contributed by atoms with van der Waals surface area (Å²) in [5, 5.41) is 3.38. The number of oxazole rings is 1. The number of nitrogens with one attached hydrogen (secondary N) is 1. The van der Waals surface area contributed by atoms with E-state index in [1.807, 2.05) is 12.4 Å². The lowest BCUT2D eigenvalue weighted by Crippen LogP contribution is -2.36. The van der Waals surface area contributed by atoms with Gasteiger partial charge >= 0.3 is 0 Å². The van der Waals surface area contributed by atoms with Crippen molar-refractivity contribution < 1.29 is 9.15 Å². The number of ether oxygens (including phenoxy) is 1. The normalized spacial score (nSPS) is 18.3. The van der Waals surface area contributed by atoms with E-state index < -0.39 is 0 Å². The molecule has 0 unspecified atom stereocenters. The highest BCUT2D eigenvalue weighted by Crippen LogP contribution is 2.39. The molecule has 1 saturated carbocycles. The summed E-state index contributed by atoms with van der Waals surface area (Å²) in [6, 6.07) is 4.21. The molecule has 1 saturated heterocycles. The predicted octanol–water partition coefficient (Wildman–Crippen LogP) is 2.07. The van der Waals surface area contributed by atoms with Crippen LogP contribution in [0.5, 0.6) is 0 Å². The van der Waals surface area contributed by atoms with Gasteiger partial charge in [0.15, 0.2) is 5.89 Å². The van der Waals surface area contributed by atoms with E-state index in [1.54, 1.807) is 0 Å². The summed E-state index contributed by atoms with van der Waals surface area (Å²) < 4.78 is 11.1. The molecule has 0 bridgehead atoms. The van der Waals surface area contributed by atoms with Gasteiger partial charge in [0.25, 0.3) is 0 Å². The fourth-order valence-corrected chi connectivity index (χ4v) is 2.75. The smallest absolute Gasteiger partial charge is 0.197 e. The third-order valence-corrected chi connectivity index (χ3v) is 4.27. The molecule has 2 aliphatic rings. The lowest BCUT2D eigenvalue weighted by Gasteiger charge is -2.27. The number of aromatic nitrogens is 2. The molecule has 4 rings (SSSR count). The van der Waals surface area contributed by atoms with Gasteiger partial charge in [-0.25, -0.2) is 9.97 Å². The SMILES string of the molecule is c1cc(N2CCOCC2)ncc1CNCc1cnc(C2CC2)o1. The molecule has 6 nitrogen and oxygen atoms in total. The molecule has 6 heteroatoms. The lowest BCUT2D eigenvalue weighted by atomic mass is 10.2. The molecule has 0 atom stereocenters. The number of pyridine rings is 1. The Kier molecular flexibility index (Phi) is 4.26. The molecule has 1 N–H and O–H groups in total. The minimum absolute atomic E-state index is 0.570. The van der Waals surface area contributed by atoms with Crippen LogP contribution in [0.2, 0.25) is 0 Å². The van der Waals surface area contributed by atoms with Crippen LogP contribution in [-0.4, -0.2) is 36.3 Å².